The van der Waals surface area contributed by atoms with Gasteiger partial charge >= 0.3 is 0 Å². The molecule has 2 amide bonds. The number of allylic oxidation sites excluding steroid dienone is 6. The summed E-state index contributed by atoms with van der Waals surface area (Å²) in [5.41, 5.74) is 4.00. The van der Waals surface area contributed by atoms with Gasteiger partial charge in [0.1, 0.15) is 5.75 Å². The minimum absolute atomic E-state index is 0.120. The third-order valence-corrected chi connectivity index (χ3v) is 10.7. The predicted molar refractivity (Wildman–Crippen MR) is 172 cm³/mol. The molecule has 0 radical (unpaired) electrons. The Morgan fingerprint density at radius 2 is 1.53 bits per heavy atom. The summed E-state index contributed by atoms with van der Waals surface area (Å²) in [6.45, 7) is 2.88. The minimum atomic E-state index is -0.663. The molecule has 2 fully saturated rings. The first-order chi connectivity index (χ1) is 21.8. The summed E-state index contributed by atoms with van der Waals surface area (Å²) < 4.78 is 5.65. The standard InChI is InChI=1S/C36H29BrN2O6/c37-28-18-30(41)33-27(34(28)42)17-26-24(31(33)23-11-12-29(40)22-4-2-1-3-21(22)23)9-10-25-32(26)36(44)39(35(25)43)20-7-5-19(6-8-20)38-13-15-45-16-14-38/h1-9,11-12,18,25-26,31-32,40H,10,13-17H2/t25-,26+,31-,32-/m0/s1. The highest BCUT2D eigenvalue weighted by Crippen LogP contribution is 2.56. The van der Waals surface area contributed by atoms with Crippen LogP contribution in [0, 0.1) is 17.8 Å². The number of aromatic hydroxyl groups is 1. The Morgan fingerprint density at radius 3 is 2.29 bits per heavy atom. The summed E-state index contributed by atoms with van der Waals surface area (Å²) in [5.74, 6) is -3.18. The van der Waals surface area contributed by atoms with E-state index in [9.17, 15) is 24.3 Å². The molecule has 8 nitrogen and oxygen atoms in total. The van der Waals surface area contributed by atoms with Gasteiger partial charge in [0, 0.05) is 47.3 Å². The van der Waals surface area contributed by atoms with Crippen molar-refractivity contribution in [2.75, 3.05) is 36.1 Å². The van der Waals surface area contributed by atoms with Crippen LogP contribution in [0.15, 0.2) is 94.0 Å². The number of ketones is 2. The number of rotatable bonds is 3. The van der Waals surface area contributed by atoms with Crippen molar-refractivity contribution >= 4 is 61.5 Å². The third-order valence-electron chi connectivity index (χ3n) is 10.1. The molecule has 226 valence electrons. The number of Topliss-reactive ketones (excluding diaryl/α,β-unsaturated/α-hetero) is 1. The second-order valence-corrected chi connectivity index (χ2v) is 13.1. The van der Waals surface area contributed by atoms with Gasteiger partial charge in [-0.1, -0.05) is 42.0 Å². The number of carbonyl (C=O) groups is 4. The van der Waals surface area contributed by atoms with E-state index in [1.165, 1.54) is 11.0 Å². The highest BCUT2D eigenvalue weighted by atomic mass is 79.9. The number of carbonyl (C=O) groups excluding carboxylic acids is 4. The van der Waals surface area contributed by atoms with Crippen LogP contribution in [-0.2, 0) is 23.9 Å². The molecule has 0 saturated carbocycles. The molecule has 8 rings (SSSR count). The van der Waals surface area contributed by atoms with Crippen LogP contribution in [0.25, 0.3) is 10.8 Å². The molecule has 3 aromatic carbocycles. The van der Waals surface area contributed by atoms with Crippen LogP contribution >= 0.6 is 15.9 Å². The van der Waals surface area contributed by atoms with Crippen molar-refractivity contribution in [1.82, 2.24) is 0 Å². The Kier molecular flexibility index (Phi) is 6.65. The molecule has 2 saturated heterocycles. The number of phenols is 1. The lowest BCUT2D eigenvalue weighted by Crippen LogP contribution is -2.39. The van der Waals surface area contributed by atoms with Crippen molar-refractivity contribution in [2.45, 2.75) is 18.8 Å². The molecule has 0 aromatic heterocycles. The average Bonchev–Trinajstić information content (AvgIpc) is 3.33. The fourth-order valence-corrected chi connectivity index (χ4v) is 8.46. The lowest BCUT2D eigenvalue weighted by Gasteiger charge is -2.42. The third kappa shape index (κ3) is 4.28. The van der Waals surface area contributed by atoms with E-state index < -0.39 is 23.7 Å². The number of anilines is 2. The first kappa shape index (κ1) is 28.2. The first-order valence-electron chi connectivity index (χ1n) is 15.2. The molecule has 1 N–H and O–H groups in total. The molecular formula is C36H29BrN2O6. The number of benzene rings is 3. The molecule has 0 unspecified atom stereocenters. The van der Waals surface area contributed by atoms with Crippen molar-refractivity contribution in [1.29, 1.82) is 0 Å². The van der Waals surface area contributed by atoms with Gasteiger partial charge in [0.15, 0.2) is 11.6 Å². The van der Waals surface area contributed by atoms with E-state index >= 15 is 0 Å². The second-order valence-electron chi connectivity index (χ2n) is 12.2. The van der Waals surface area contributed by atoms with Crippen LogP contribution in [-0.4, -0.2) is 54.8 Å². The molecular weight excluding hydrogens is 636 g/mol. The van der Waals surface area contributed by atoms with Crippen molar-refractivity contribution in [3.8, 4) is 5.75 Å². The number of hydrogen-bond donors (Lipinski definition) is 1. The lowest BCUT2D eigenvalue weighted by atomic mass is 9.59. The van der Waals surface area contributed by atoms with E-state index in [0.717, 1.165) is 35.3 Å². The largest absolute Gasteiger partial charge is 0.507 e. The van der Waals surface area contributed by atoms with Gasteiger partial charge in [0.2, 0.25) is 11.8 Å². The molecule has 0 bridgehead atoms. The zero-order valence-corrected chi connectivity index (χ0v) is 25.8. The second kappa shape index (κ2) is 10.6. The zero-order chi connectivity index (χ0) is 31.0. The van der Waals surface area contributed by atoms with Crippen LogP contribution in [0.1, 0.15) is 24.3 Å². The Bertz CT molecular complexity index is 1920. The predicted octanol–water partition coefficient (Wildman–Crippen LogP) is 5.35. The first-order valence-corrected chi connectivity index (χ1v) is 16.0. The Hall–Kier alpha value is -4.34. The van der Waals surface area contributed by atoms with Crippen molar-refractivity contribution in [3.05, 3.63) is 99.6 Å². The van der Waals surface area contributed by atoms with Crippen LogP contribution in [0.4, 0.5) is 11.4 Å². The van der Waals surface area contributed by atoms with Crippen molar-refractivity contribution in [2.24, 2.45) is 17.8 Å². The fraction of sp³-hybridized carbons (Fsp3) is 0.278. The number of ether oxygens (including phenoxy) is 1. The topological polar surface area (TPSA) is 104 Å². The molecule has 9 heteroatoms. The summed E-state index contributed by atoms with van der Waals surface area (Å²) in [6.07, 6.45) is 3.91. The Morgan fingerprint density at radius 1 is 0.822 bits per heavy atom. The quantitative estimate of drug-likeness (QED) is 0.229. The molecule has 0 spiro atoms. The number of halogens is 1. The van der Waals surface area contributed by atoms with Gasteiger partial charge in [0.05, 0.1) is 35.2 Å². The average molecular weight is 666 g/mol. The highest BCUT2D eigenvalue weighted by molar-refractivity contribution is 9.12. The normalized spacial score (nSPS) is 26.5. The monoisotopic (exact) mass is 664 g/mol. The number of hydrogen-bond acceptors (Lipinski definition) is 7. The minimum Gasteiger partial charge on any atom is -0.507 e. The smallest absolute Gasteiger partial charge is 0.238 e. The Balaban J connectivity index is 1.21. The molecule has 3 aliphatic carbocycles. The van der Waals surface area contributed by atoms with E-state index in [2.05, 4.69) is 20.8 Å². The number of fused-ring (bicyclic) bond motifs is 4. The zero-order valence-electron chi connectivity index (χ0n) is 24.2. The molecule has 2 heterocycles. The van der Waals surface area contributed by atoms with E-state index in [1.807, 2.05) is 54.6 Å². The molecule has 2 aliphatic heterocycles. The van der Waals surface area contributed by atoms with Crippen molar-refractivity contribution in [3.63, 3.8) is 0 Å². The number of morpholine rings is 1. The summed E-state index contributed by atoms with van der Waals surface area (Å²) in [6, 6.07) is 18.4. The van der Waals surface area contributed by atoms with Gasteiger partial charge in [-0.2, -0.15) is 0 Å². The van der Waals surface area contributed by atoms with Crippen molar-refractivity contribution < 1.29 is 29.0 Å². The van der Waals surface area contributed by atoms with Gasteiger partial charge in [-0.05, 0) is 76.0 Å². The summed E-state index contributed by atoms with van der Waals surface area (Å²) in [4.78, 5) is 59.0. The Labute approximate surface area is 267 Å². The van der Waals surface area contributed by atoms with Crippen LogP contribution < -0.4 is 9.80 Å². The van der Waals surface area contributed by atoms with Gasteiger partial charge in [-0.3, -0.25) is 24.1 Å². The number of amides is 2. The van der Waals surface area contributed by atoms with Crippen LogP contribution in [0.3, 0.4) is 0 Å². The van der Waals surface area contributed by atoms with Crippen LogP contribution in [0.5, 0.6) is 5.75 Å². The summed E-state index contributed by atoms with van der Waals surface area (Å²) >= 11 is 3.29. The maximum atomic E-state index is 14.3. The number of nitrogens with zero attached hydrogens (tertiary/aromatic N) is 2. The maximum Gasteiger partial charge on any atom is 0.238 e. The maximum absolute atomic E-state index is 14.3. The molecule has 3 aromatic rings. The molecule has 5 aliphatic rings. The SMILES string of the molecule is O=C1C=C(Br)C(=O)C2=C1[C@@H](c1ccc(O)c3ccccc13)C1=CC[C@@H]3C(=O)N(c4ccc(N5CCOCC5)cc4)C(=O)[C@@H]3[C@@H]1C2. The van der Waals surface area contributed by atoms with E-state index in [0.29, 0.717) is 41.9 Å². The number of phenolic OH excluding ortho intramolecular Hbond substituents is 1. The van der Waals surface area contributed by atoms with Gasteiger partial charge < -0.3 is 14.7 Å². The van der Waals surface area contributed by atoms with Crippen LogP contribution in [0.2, 0.25) is 0 Å². The van der Waals surface area contributed by atoms with E-state index in [-0.39, 0.29) is 40.0 Å². The molecule has 45 heavy (non-hydrogen) atoms. The van der Waals surface area contributed by atoms with E-state index in [4.69, 9.17) is 4.74 Å². The fourth-order valence-electron chi connectivity index (χ4n) is 8.01. The highest BCUT2D eigenvalue weighted by Gasteiger charge is 2.56. The van der Waals surface area contributed by atoms with Gasteiger partial charge in [-0.25, -0.2) is 0 Å². The lowest BCUT2D eigenvalue weighted by molar-refractivity contribution is -0.123. The van der Waals surface area contributed by atoms with Gasteiger partial charge in [0.25, 0.3) is 0 Å². The molecule has 4 atom stereocenters. The summed E-state index contributed by atoms with van der Waals surface area (Å²) in [7, 11) is 0. The van der Waals surface area contributed by atoms with Gasteiger partial charge in [-0.15, -0.1) is 0 Å². The van der Waals surface area contributed by atoms with E-state index in [1.54, 1.807) is 12.1 Å². The summed E-state index contributed by atoms with van der Waals surface area (Å²) in [5, 5.41) is 12.0. The number of imide groups is 1.